The summed E-state index contributed by atoms with van der Waals surface area (Å²) in [5.74, 6) is 3.14. The minimum atomic E-state index is 0.894. The van der Waals surface area contributed by atoms with Crippen LogP contribution in [0.1, 0.15) is 32.6 Å². The second-order valence-corrected chi connectivity index (χ2v) is 4.68. The molecule has 1 rings (SSSR count). The fourth-order valence-electron chi connectivity index (χ4n) is 1.78. The normalized spacial score (nSPS) is 23.4. The molecule has 2 heteroatoms. The zero-order chi connectivity index (χ0) is 7.40. The molecule has 1 aliphatic carbocycles. The van der Waals surface area contributed by atoms with Crippen LogP contribution in [0.3, 0.4) is 0 Å². The maximum Gasteiger partial charge on any atom is 0.00628 e. The monoisotopic (exact) mass is 176 g/mol. The van der Waals surface area contributed by atoms with Crippen molar-refractivity contribution in [3.63, 3.8) is 0 Å². The first-order valence-electron chi connectivity index (χ1n) is 4.11. The average molecular weight is 176 g/mol. The summed E-state index contributed by atoms with van der Waals surface area (Å²) in [6.45, 7) is 2.36. The molecule has 0 aromatic carbocycles. The average Bonchev–Trinajstić information content (AvgIpc) is 2.38. The van der Waals surface area contributed by atoms with Crippen molar-refractivity contribution in [2.24, 2.45) is 11.8 Å². The quantitative estimate of drug-likeness (QED) is 0.508. The van der Waals surface area contributed by atoms with Crippen molar-refractivity contribution in [2.45, 2.75) is 32.6 Å². The van der Waals surface area contributed by atoms with Gasteiger partial charge in [0, 0.05) is 5.75 Å². The number of hydrogen-bond donors (Lipinski definition) is 1. The van der Waals surface area contributed by atoms with Crippen LogP contribution in [0, 0.1) is 11.8 Å². The maximum absolute atomic E-state index is 4.17. The van der Waals surface area contributed by atoms with Gasteiger partial charge in [-0.25, -0.2) is 0 Å². The minimum absolute atomic E-state index is 0.894. The highest BCUT2D eigenvalue weighted by molar-refractivity contribution is 8.68. The Balaban J connectivity index is 2.18. The molecule has 1 saturated carbocycles. The Morgan fingerprint density at radius 1 is 1.50 bits per heavy atom. The Morgan fingerprint density at radius 3 is 2.60 bits per heavy atom. The third-order valence-electron chi connectivity index (χ3n) is 2.54. The summed E-state index contributed by atoms with van der Waals surface area (Å²) in [6, 6.07) is 0. The fraction of sp³-hybridized carbons (Fsp3) is 1.00. The first-order chi connectivity index (χ1) is 4.84. The number of thiol groups is 1. The van der Waals surface area contributed by atoms with Crippen LogP contribution in [0.25, 0.3) is 0 Å². The molecule has 0 aliphatic heterocycles. The summed E-state index contributed by atoms with van der Waals surface area (Å²) in [7, 11) is 1.69. The lowest BCUT2D eigenvalue weighted by atomic mass is 9.94. The van der Waals surface area contributed by atoms with Crippen molar-refractivity contribution < 1.29 is 0 Å². The Hall–Kier alpha value is 0.700. The van der Waals surface area contributed by atoms with Gasteiger partial charge in [-0.1, -0.05) is 43.4 Å². The van der Waals surface area contributed by atoms with Gasteiger partial charge in [0.1, 0.15) is 0 Å². The molecule has 0 aromatic heterocycles. The predicted molar refractivity (Wildman–Crippen MR) is 52.6 cm³/mol. The van der Waals surface area contributed by atoms with Gasteiger partial charge < -0.3 is 0 Å². The number of hydrogen-bond acceptors (Lipinski definition) is 2. The van der Waals surface area contributed by atoms with Crippen LogP contribution < -0.4 is 0 Å². The second-order valence-electron chi connectivity index (χ2n) is 3.32. The highest BCUT2D eigenvalue weighted by atomic mass is 33.1. The van der Waals surface area contributed by atoms with E-state index in [0.29, 0.717) is 0 Å². The molecule has 1 fully saturated rings. The van der Waals surface area contributed by atoms with Gasteiger partial charge in [0.15, 0.2) is 0 Å². The van der Waals surface area contributed by atoms with Gasteiger partial charge >= 0.3 is 0 Å². The fourth-order valence-corrected chi connectivity index (χ4v) is 2.99. The van der Waals surface area contributed by atoms with Gasteiger partial charge in [-0.15, -0.1) is 11.7 Å². The first kappa shape index (κ1) is 8.79. The highest BCUT2D eigenvalue weighted by Gasteiger charge is 2.20. The van der Waals surface area contributed by atoms with Gasteiger partial charge in [-0.3, -0.25) is 0 Å². The summed E-state index contributed by atoms with van der Waals surface area (Å²) in [5.41, 5.74) is 0. The molecular weight excluding hydrogens is 160 g/mol. The Labute approximate surface area is 73.0 Å². The van der Waals surface area contributed by atoms with Crippen LogP contribution in [0.5, 0.6) is 0 Å². The molecule has 0 spiro atoms. The molecule has 1 unspecified atom stereocenters. The van der Waals surface area contributed by atoms with Gasteiger partial charge in [-0.05, 0) is 11.8 Å². The lowest BCUT2D eigenvalue weighted by Crippen LogP contribution is -2.09. The van der Waals surface area contributed by atoms with Crippen LogP contribution in [-0.2, 0) is 0 Å². The third kappa shape index (κ3) is 2.39. The molecule has 1 aliphatic rings. The van der Waals surface area contributed by atoms with E-state index in [0.717, 1.165) is 11.8 Å². The van der Waals surface area contributed by atoms with Crippen molar-refractivity contribution in [3.05, 3.63) is 0 Å². The van der Waals surface area contributed by atoms with E-state index in [4.69, 9.17) is 0 Å². The van der Waals surface area contributed by atoms with Gasteiger partial charge in [0.2, 0.25) is 0 Å². The molecule has 0 amide bonds. The number of rotatable bonds is 3. The van der Waals surface area contributed by atoms with E-state index in [1.807, 2.05) is 0 Å². The second kappa shape index (κ2) is 4.55. The van der Waals surface area contributed by atoms with Crippen LogP contribution in [0.4, 0.5) is 0 Å². The zero-order valence-corrected chi connectivity index (χ0v) is 8.26. The third-order valence-corrected chi connectivity index (χ3v) is 3.66. The first-order valence-corrected chi connectivity index (χ1v) is 6.14. The lowest BCUT2D eigenvalue weighted by molar-refractivity contribution is 0.403. The molecule has 60 valence electrons. The zero-order valence-electron chi connectivity index (χ0n) is 6.55. The summed E-state index contributed by atoms with van der Waals surface area (Å²) >= 11 is 4.17. The molecule has 1 atom stereocenters. The van der Waals surface area contributed by atoms with E-state index in [1.54, 1.807) is 10.8 Å². The Bertz CT molecular complexity index is 87.3. The summed E-state index contributed by atoms with van der Waals surface area (Å²) in [6.07, 6.45) is 5.86. The molecule has 0 N–H and O–H groups in total. The van der Waals surface area contributed by atoms with Crippen LogP contribution in [-0.4, -0.2) is 5.75 Å². The summed E-state index contributed by atoms with van der Waals surface area (Å²) in [5, 5.41) is 0. The molecule has 0 aromatic rings. The van der Waals surface area contributed by atoms with Crippen LogP contribution in [0.2, 0.25) is 0 Å². The van der Waals surface area contributed by atoms with Crippen molar-refractivity contribution in [3.8, 4) is 0 Å². The molecule has 0 bridgehead atoms. The van der Waals surface area contributed by atoms with E-state index in [2.05, 4.69) is 18.6 Å². The largest absolute Gasteiger partial charge is 0.111 e. The molecule has 0 radical (unpaired) electrons. The molecule has 0 nitrogen and oxygen atoms in total. The van der Waals surface area contributed by atoms with Crippen LogP contribution in [0.15, 0.2) is 0 Å². The smallest absolute Gasteiger partial charge is 0.00628 e. The van der Waals surface area contributed by atoms with Crippen molar-refractivity contribution in [1.82, 2.24) is 0 Å². The SMILES string of the molecule is CC(CSS)C1CCCC1. The standard InChI is InChI=1S/C8H16S2/c1-7(6-10-9)8-4-2-3-5-8/h7-9H,2-6H2,1H3. The van der Waals surface area contributed by atoms with E-state index in [9.17, 15) is 0 Å². The molecule has 10 heavy (non-hydrogen) atoms. The molecule has 0 saturated heterocycles. The molecular formula is C8H16S2. The Morgan fingerprint density at radius 2 is 2.10 bits per heavy atom. The summed E-state index contributed by atoms with van der Waals surface area (Å²) in [4.78, 5) is 0. The van der Waals surface area contributed by atoms with E-state index in [-0.39, 0.29) is 0 Å². The highest BCUT2D eigenvalue weighted by Crippen LogP contribution is 2.33. The topological polar surface area (TPSA) is 0 Å². The summed E-state index contributed by atoms with van der Waals surface area (Å²) < 4.78 is 0. The van der Waals surface area contributed by atoms with E-state index < -0.39 is 0 Å². The minimum Gasteiger partial charge on any atom is -0.111 e. The van der Waals surface area contributed by atoms with Gasteiger partial charge in [-0.2, -0.15) is 0 Å². The molecule has 0 heterocycles. The van der Waals surface area contributed by atoms with Gasteiger partial charge in [0.25, 0.3) is 0 Å². The maximum atomic E-state index is 4.17. The lowest BCUT2D eigenvalue weighted by Gasteiger charge is -2.16. The van der Waals surface area contributed by atoms with Gasteiger partial charge in [0.05, 0.1) is 0 Å². The Kier molecular flexibility index (Phi) is 4.00. The van der Waals surface area contributed by atoms with Crippen molar-refractivity contribution in [2.75, 3.05) is 5.75 Å². The van der Waals surface area contributed by atoms with Crippen molar-refractivity contribution in [1.29, 1.82) is 0 Å². The predicted octanol–water partition coefficient (Wildman–Crippen LogP) is 3.39. The van der Waals surface area contributed by atoms with Crippen LogP contribution >= 0.6 is 22.5 Å². The van der Waals surface area contributed by atoms with Crippen molar-refractivity contribution >= 4 is 22.5 Å². The van der Waals surface area contributed by atoms with E-state index in [1.165, 1.54) is 31.4 Å². The van der Waals surface area contributed by atoms with E-state index >= 15 is 0 Å².